The number of ether oxygens (including phenoxy) is 2. The van der Waals surface area contributed by atoms with Crippen LogP contribution in [0.3, 0.4) is 0 Å². The number of benzene rings is 1. The van der Waals surface area contributed by atoms with Crippen molar-refractivity contribution in [2.75, 3.05) is 14.2 Å². The highest BCUT2D eigenvalue weighted by Gasteiger charge is 2.03. The maximum Gasteiger partial charge on any atom is 0.208 e. The number of rotatable bonds is 6. The third-order valence-electron chi connectivity index (χ3n) is 2.69. The van der Waals surface area contributed by atoms with Crippen LogP contribution in [0.1, 0.15) is 17.2 Å². The maximum absolute atomic E-state index is 5.39. The summed E-state index contributed by atoms with van der Waals surface area (Å²) in [4.78, 5) is 4.14. The van der Waals surface area contributed by atoms with Crippen LogP contribution in [-0.4, -0.2) is 19.2 Å². The van der Waals surface area contributed by atoms with Gasteiger partial charge in [-0.25, -0.2) is 4.98 Å². The van der Waals surface area contributed by atoms with Gasteiger partial charge in [-0.1, -0.05) is 0 Å². The monoisotopic (exact) mass is 262 g/mol. The second kappa shape index (κ2) is 6.24. The molecule has 0 saturated carbocycles. The fourth-order valence-electron chi connectivity index (χ4n) is 1.77. The highest BCUT2D eigenvalue weighted by Crippen LogP contribution is 2.22. The summed E-state index contributed by atoms with van der Waals surface area (Å²) < 4.78 is 15.8. The minimum absolute atomic E-state index is 0.591. The first-order valence-electron chi connectivity index (χ1n) is 6.05. The van der Waals surface area contributed by atoms with E-state index in [1.54, 1.807) is 20.4 Å². The SMILES string of the molecule is COc1cc(CNCc2ncc(C)o2)cc(OC)c1. The summed E-state index contributed by atoms with van der Waals surface area (Å²) in [6.45, 7) is 3.16. The van der Waals surface area contributed by atoms with Crippen molar-refractivity contribution < 1.29 is 13.9 Å². The number of aryl methyl sites for hydroxylation is 1. The summed E-state index contributed by atoms with van der Waals surface area (Å²) in [6, 6.07) is 5.79. The van der Waals surface area contributed by atoms with Gasteiger partial charge in [0.2, 0.25) is 5.89 Å². The first-order valence-corrected chi connectivity index (χ1v) is 6.05. The van der Waals surface area contributed by atoms with Crippen LogP contribution in [0.4, 0.5) is 0 Å². The Morgan fingerprint density at radius 1 is 1.11 bits per heavy atom. The molecule has 1 aromatic carbocycles. The van der Waals surface area contributed by atoms with Crippen molar-refractivity contribution in [3.8, 4) is 11.5 Å². The van der Waals surface area contributed by atoms with Crippen LogP contribution in [-0.2, 0) is 13.1 Å². The Bertz CT molecular complexity index is 515. The predicted molar refractivity (Wildman–Crippen MR) is 71.3 cm³/mol. The van der Waals surface area contributed by atoms with Gasteiger partial charge >= 0.3 is 0 Å². The quantitative estimate of drug-likeness (QED) is 0.865. The van der Waals surface area contributed by atoms with Crippen LogP contribution in [0, 0.1) is 6.92 Å². The third-order valence-corrected chi connectivity index (χ3v) is 2.69. The Morgan fingerprint density at radius 2 is 1.79 bits per heavy atom. The van der Waals surface area contributed by atoms with E-state index in [0.29, 0.717) is 19.0 Å². The second-order valence-corrected chi connectivity index (χ2v) is 4.19. The minimum atomic E-state index is 0.591. The Balaban J connectivity index is 1.95. The van der Waals surface area contributed by atoms with Crippen LogP contribution in [0.5, 0.6) is 11.5 Å². The first-order chi connectivity index (χ1) is 9.21. The molecule has 102 valence electrons. The summed E-state index contributed by atoms with van der Waals surface area (Å²) in [5.41, 5.74) is 1.08. The van der Waals surface area contributed by atoms with Crippen LogP contribution < -0.4 is 14.8 Å². The maximum atomic E-state index is 5.39. The van der Waals surface area contributed by atoms with E-state index in [2.05, 4.69) is 10.3 Å². The largest absolute Gasteiger partial charge is 0.497 e. The fourth-order valence-corrected chi connectivity index (χ4v) is 1.77. The topological polar surface area (TPSA) is 56.5 Å². The zero-order chi connectivity index (χ0) is 13.7. The van der Waals surface area contributed by atoms with E-state index in [4.69, 9.17) is 13.9 Å². The standard InChI is InChI=1S/C14H18N2O3/c1-10-7-16-14(19-10)9-15-8-11-4-12(17-2)6-13(5-11)18-3/h4-7,15H,8-9H2,1-3H3. The summed E-state index contributed by atoms with van der Waals surface area (Å²) in [5, 5.41) is 3.27. The van der Waals surface area contributed by atoms with Crippen molar-refractivity contribution >= 4 is 0 Å². The molecular formula is C14H18N2O3. The molecule has 1 heterocycles. The molecule has 0 radical (unpaired) electrons. The molecule has 2 rings (SSSR count). The van der Waals surface area contributed by atoms with Gasteiger partial charge < -0.3 is 19.2 Å². The molecular weight excluding hydrogens is 244 g/mol. The number of hydrogen-bond donors (Lipinski definition) is 1. The average molecular weight is 262 g/mol. The van der Waals surface area contributed by atoms with Gasteiger partial charge in [-0.3, -0.25) is 0 Å². The smallest absolute Gasteiger partial charge is 0.208 e. The van der Waals surface area contributed by atoms with Crippen molar-refractivity contribution in [3.05, 3.63) is 41.6 Å². The van der Waals surface area contributed by atoms with Gasteiger partial charge in [0.1, 0.15) is 17.3 Å². The zero-order valence-electron chi connectivity index (χ0n) is 11.4. The molecule has 0 amide bonds. The Labute approximate surface area is 112 Å². The van der Waals surface area contributed by atoms with Gasteiger partial charge in [-0.2, -0.15) is 0 Å². The van der Waals surface area contributed by atoms with Gasteiger partial charge in [-0.05, 0) is 24.6 Å². The molecule has 0 spiro atoms. The fraction of sp³-hybridized carbons (Fsp3) is 0.357. The van der Waals surface area contributed by atoms with Crippen molar-refractivity contribution in [1.29, 1.82) is 0 Å². The van der Waals surface area contributed by atoms with E-state index in [9.17, 15) is 0 Å². The van der Waals surface area contributed by atoms with Crippen LogP contribution in [0.15, 0.2) is 28.8 Å². The minimum Gasteiger partial charge on any atom is -0.497 e. The lowest BCUT2D eigenvalue weighted by Gasteiger charge is -2.08. The van der Waals surface area contributed by atoms with E-state index in [1.807, 2.05) is 25.1 Å². The molecule has 5 nitrogen and oxygen atoms in total. The van der Waals surface area contributed by atoms with Gasteiger partial charge in [0.25, 0.3) is 0 Å². The Morgan fingerprint density at radius 3 is 2.32 bits per heavy atom. The molecule has 0 saturated heterocycles. The lowest BCUT2D eigenvalue weighted by molar-refractivity contribution is 0.392. The molecule has 0 aliphatic heterocycles. The predicted octanol–water partition coefficient (Wildman–Crippen LogP) is 2.29. The highest BCUT2D eigenvalue weighted by atomic mass is 16.5. The summed E-state index contributed by atoms with van der Waals surface area (Å²) in [5.74, 6) is 3.07. The van der Waals surface area contributed by atoms with Crippen LogP contribution in [0.25, 0.3) is 0 Å². The molecule has 1 N–H and O–H groups in total. The summed E-state index contributed by atoms with van der Waals surface area (Å²) in [6.07, 6.45) is 1.71. The number of hydrogen-bond acceptors (Lipinski definition) is 5. The Hall–Kier alpha value is -2.01. The van der Waals surface area contributed by atoms with Gasteiger partial charge in [0.05, 0.1) is 27.0 Å². The lowest BCUT2D eigenvalue weighted by Crippen LogP contribution is -2.13. The highest BCUT2D eigenvalue weighted by molar-refractivity contribution is 5.38. The van der Waals surface area contributed by atoms with Crippen molar-refractivity contribution in [2.45, 2.75) is 20.0 Å². The van der Waals surface area contributed by atoms with E-state index < -0.39 is 0 Å². The van der Waals surface area contributed by atoms with Crippen molar-refractivity contribution in [3.63, 3.8) is 0 Å². The first kappa shape index (κ1) is 13.4. The molecule has 0 atom stereocenters. The normalized spacial score (nSPS) is 10.5. The molecule has 0 bridgehead atoms. The molecule has 0 aliphatic rings. The zero-order valence-corrected chi connectivity index (χ0v) is 11.4. The van der Waals surface area contributed by atoms with E-state index >= 15 is 0 Å². The molecule has 0 unspecified atom stereocenters. The third kappa shape index (κ3) is 3.72. The number of methoxy groups -OCH3 is 2. The molecule has 0 aliphatic carbocycles. The number of nitrogens with one attached hydrogen (secondary N) is 1. The van der Waals surface area contributed by atoms with Gasteiger partial charge in [-0.15, -0.1) is 0 Å². The van der Waals surface area contributed by atoms with Crippen LogP contribution >= 0.6 is 0 Å². The lowest BCUT2D eigenvalue weighted by atomic mass is 10.2. The summed E-state index contributed by atoms with van der Waals surface area (Å²) >= 11 is 0. The van der Waals surface area contributed by atoms with Crippen molar-refractivity contribution in [1.82, 2.24) is 10.3 Å². The van der Waals surface area contributed by atoms with Crippen molar-refractivity contribution in [2.24, 2.45) is 0 Å². The molecule has 0 fully saturated rings. The molecule has 1 aromatic heterocycles. The molecule has 19 heavy (non-hydrogen) atoms. The molecule has 5 heteroatoms. The number of aromatic nitrogens is 1. The van der Waals surface area contributed by atoms with E-state index in [0.717, 1.165) is 22.8 Å². The number of oxazole rings is 1. The van der Waals surface area contributed by atoms with Crippen LogP contribution in [0.2, 0.25) is 0 Å². The van der Waals surface area contributed by atoms with E-state index in [-0.39, 0.29) is 0 Å². The summed E-state index contributed by atoms with van der Waals surface area (Å²) in [7, 11) is 3.28. The molecule has 2 aromatic rings. The average Bonchev–Trinajstić information content (AvgIpc) is 2.84. The number of nitrogens with zero attached hydrogens (tertiary/aromatic N) is 1. The Kier molecular flexibility index (Phi) is 4.41. The van der Waals surface area contributed by atoms with E-state index in [1.165, 1.54) is 0 Å². The van der Waals surface area contributed by atoms with Gasteiger partial charge in [0, 0.05) is 12.6 Å². The van der Waals surface area contributed by atoms with Gasteiger partial charge in [0.15, 0.2) is 0 Å². The second-order valence-electron chi connectivity index (χ2n) is 4.19.